The predicted octanol–water partition coefficient (Wildman–Crippen LogP) is 3.85. The molecule has 1 unspecified atom stereocenters. The van der Waals surface area contributed by atoms with Gasteiger partial charge in [-0.05, 0) is 38.7 Å². The van der Waals surface area contributed by atoms with Crippen molar-refractivity contribution in [2.24, 2.45) is 5.73 Å². The minimum absolute atomic E-state index is 0.303. The Morgan fingerprint density at radius 3 is 2.39 bits per heavy atom. The van der Waals surface area contributed by atoms with Crippen molar-refractivity contribution in [3.8, 4) is 0 Å². The number of nitrogens with two attached hydrogens (primary N) is 1. The van der Waals surface area contributed by atoms with Crippen LogP contribution in [0.5, 0.6) is 0 Å². The molecule has 1 nitrogen and oxygen atoms in total. The maximum Gasteiger partial charge on any atom is 0.0171 e. The SMILES string of the molecule is Cc1cc(C)cc(CC(N)CSC2CCCC2)c1. The normalized spacial score (nSPS) is 18.2. The summed E-state index contributed by atoms with van der Waals surface area (Å²) in [6.45, 7) is 4.32. The highest BCUT2D eigenvalue weighted by Crippen LogP contribution is 2.29. The third-order valence-electron chi connectivity index (χ3n) is 3.63. The molecule has 0 radical (unpaired) electrons. The summed E-state index contributed by atoms with van der Waals surface area (Å²) in [6, 6.07) is 7.07. The van der Waals surface area contributed by atoms with E-state index in [4.69, 9.17) is 5.73 Å². The first kappa shape index (κ1) is 14.0. The topological polar surface area (TPSA) is 26.0 Å². The van der Waals surface area contributed by atoms with E-state index in [9.17, 15) is 0 Å². The van der Waals surface area contributed by atoms with E-state index >= 15 is 0 Å². The zero-order valence-electron chi connectivity index (χ0n) is 11.6. The molecule has 1 atom stereocenters. The van der Waals surface area contributed by atoms with Crippen molar-refractivity contribution >= 4 is 11.8 Å². The van der Waals surface area contributed by atoms with Gasteiger partial charge in [-0.25, -0.2) is 0 Å². The maximum atomic E-state index is 6.26. The van der Waals surface area contributed by atoms with Gasteiger partial charge in [-0.2, -0.15) is 11.8 Å². The second kappa shape index (κ2) is 6.63. The fourth-order valence-corrected chi connectivity index (χ4v) is 4.17. The number of hydrogen-bond acceptors (Lipinski definition) is 2. The van der Waals surface area contributed by atoms with Crippen LogP contribution in [0.25, 0.3) is 0 Å². The summed E-state index contributed by atoms with van der Waals surface area (Å²) in [5.41, 5.74) is 10.4. The summed E-state index contributed by atoms with van der Waals surface area (Å²) in [4.78, 5) is 0. The van der Waals surface area contributed by atoms with Crippen molar-refractivity contribution in [2.45, 2.75) is 57.2 Å². The maximum absolute atomic E-state index is 6.26. The Morgan fingerprint density at radius 1 is 1.17 bits per heavy atom. The summed E-state index contributed by atoms with van der Waals surface area (Å²) >= 11 is 2.09. The largest absolute Gasteiger partial charge is 0.327 e. The quantitative estimate of drug-likeness (QED) is 0.873. The molecule has 1 aromatic carbocycles. The lowest BCUT2D eigenvalue weighted by Gasteiger charge is -2.15. The average molecular weight is 263 g/mol. The third kappa shape index (κ3) is 4.33. The molecule has 0 bridgehead atoms. The van der Waals surface area contributed by atoms with Gasteiger partial charge in [-0.15, -0.1) is 0 Å². The highest BCUT2D eigenvalue weighted by atomic mass is 32.2. The molecule has 2 heteroatoms. The van der Waals surface area contributed by atoms with Gasteiger partial charge < -0.3 is 5.73 Å². The smallest absolute Gasteiger partial charge is 0.0171 e. The zero-order chi connectivity index (χ0) is 13.0. The van der Waals surface area contributed by atoms with E-state index < -0.39 is 0 Å². The van der Waals surface area contributed by atoms with Gasteiger partial charge in [0.05, 0.1) is 0 Å². The lowest BCUT2D eigenvalue weighted by Crippen LogP contribution is -2.26. The molecule has 0 aliphatic heterocycles. The van der Waals surface area contributed by atoms with Crippen molar-refractivity contribution in [1.82, 2.24) is 0 Å². The molecule has 0 spiro atoms. The third-order valence-corrected chi connectivity index (χ3v) is 5.19. The van der Waals surface area contributed by atoms with Crippen molar-refractivity contribution < 1.29 is 0 Å². The molecule has 1 fully saturated rings. The number of aryl methyl sites for hydroxylation is 2. The van der Waals surface area contributed by atoms with E-state index in [0.29, 0.717) is 6.04 Å². The van der Waals surface area contributed by atoms with Crippen molar-refractivity contribution in [1.29, 1.82) is 0 Å². The Labute approximate surface area is 116 Å². The summed E-state index contributed by atoms with van der Waals surface area (Å²) in [7, 11) is 0. The first-order valence-corrected chi connectivity index (χ1v) is 8.13. The predicted molar refractivity (Wildman–Crippen MR) is 82.3 cm³/mol. The summed E-state index contributed by atoms with van der Waals surface area (Å²) in [6.07, 6.45) is 6.66. The van der Waals surface area contributed by atoms with Gasteiger partial charge in [0.1, 0.15) is 0 Å². The lowest BCUT2D eigenvalue weighted by atomic mass is 10.0. The number of benzene rings is 1. The summed E-state index contributed by atoms with van der Waals surface area (Å²) < 4.78 is 0. The molecule has 0 aromatic heterocycles. The van der Waals surface area contributed by atoms with Crippen LogP contribution in [0.2, 0.25) is 0 Å². The van der Waals surface area contributed by atoms with Crippen LogP contribution >= 0.6 is 11.8 Å². The molecule has 100 valence electrons. The number of rotatable bonds is 5. The van der Waals surface area contributed by atoms with Gasteiger partial charge >= 0.3 is 0 Å². The van der Waals surface area contributed by atoms with Crippen LogP contribution in [-0.4, -0.2) is 17.0 Å². The molecule has 1 aliphatic rings. The molecule has 0 saturated heterocycles. The van der Waals surface area contributed by atoms with E-state index in [2.05, 4.69) is 43.8 Å². The number of thioether (sulfide) groups is 1. The Hall–Kier alpha value is -0.470. The summed E-state index contributed by atoms with van der Waals surface area (Å²) in [5, 5.41) is 0.885. The van der Waals surface area contributed by atoms with Crippen LogP contribution in [0.3, 0.4) is 0 Å². The molecule has 1 saturated carbocycles. The molecule has 0 amide bonds. The Balaban J connectivity index is 1.80. The van der Waals surface area contributed by atoms with Crippen LogP contribution in [0, 0.1) is 13.8 Å². The molecular formula is C16H25NS. The lowest BCUT2D eigenvalue weighted by molar-refractivity contribution is 0.743. The minimum atomic E-state index is 0.303. The zero-order valence-corrected chi connectivity index (χ0v) is 12.4. The second-order valence-electron chi connectivity index (χ2n) is 5.70. The Kier molecular flexibility index (Phi) is 5.13. The summed E-state index contributed by atoms with van der Waals surface area (Å²) in [5.74, 6) is 1.11. The molecule has 1 aliphatic carbocycles. The highest BCUT2D eigenvalue weighted by Gasteiger charge is 2.16. The van der Waals surface area contributed by atoms with Crippen molar-refractivity contribution in [3.05, 3.63) is 34.9 Å². The van der Waals surface area contributed by atoms with Crippen LogP contribution in [0.4, 0.5) is 0 Å². The second-order valence-corrected chi connectivity index (χ2v) is 7.03. The van der Waals surface area contributed by atoms with Gasteiger partial charge in [-0.1, -0.05) is 42.2 Å². The molecular weight excluding hydrogens is 238 g/mol. The van der Waals surface area contributed by atoms with Crippen LogP contribution in [-0.2, 0) is 6.42 Å². The monoisotopic (exact) mass is 263 g/mol. The van der Waals surface area contributed by atoms with Gasteiger partial charge in [0.25, 0.3) is 0 Å². The van der Waals surface area contributed by atoms with Crippen molar-refractivity contribution in [2.75, 3.05) is 5.75 Å². The van der Waals surface area contributed by atoms with Crippen LogP contribution in [0.15, 0.2) is 18.2 Å². The first-order valence-electron chi connectivity index (χ1n) is 7.08. The van der Waals surface area contributed by atoms with E-state index in [1.54, 1.807) is 0 Å². The molecule has 2 N–H and O–H groups in total. The fraction of sp³-hybridized carbons (Fsp3) is 0.625. The molecule has 1 aromatic rings. The van der Waals surface area contributed by atoms with E-state index in [1.807, 2.05) is 0 Å². The Bertz CT molecular complexity index is 362. The van der Waals surface area contributed by atoms with Gasteiger partial charge in [0.2, 0.25) is 0 Å². The molecule has 2 rings (SSSR count). The Morgan fingerprint density at radius 2 is 1.78 bits per heavy atom. The highest BCUT2D eigenvalue weighted by molar-refractivity contribution is 7.99. The number of hydrogen-bond donors (Lipinski definition) is 1. The van der Waals surface area contributed by atoms with E-state index in [-0.39, 0.29) is 0 Å². The van der Waals surface area contributed by atoms with Crippen LogP contribution in [0.1, 0.15) is 42.4 Å². The first-order chi connectivity index (χ1) is 8.63. The van der Waals surface area contributed by atoms with Gasteiger partial charge in [0, 0.05) is 17.0 Å². The van der Waals surface area contributed by atoms with Crippen molar-refractivity contribution in [3.63, 3.8) is 0 Å². The molecule has 18 heavy (non-hydrogen) atoms. The van der Waals surface area contributed by atoms with Gasteiger partial charge in [-0.3, -0.25) is 0 Å². The van der Waals surface area contributed by atoms with Gasteiger partial charge in [0.15, 0.2) is 0 Å². The average Bonchev–Trinajstić information content (AvgIpc) is 2.77. The standard InChI is InChI=1S/C16H25NS/c1-12-7-13(2)9-14(8-12)10-15(17)11-18-16-5-3-4-6-16/h7-9,15-16H,3-6,10-11,17H2,1-2H3. The minimum Gasteiger partial charge on any atom is -0.327 e. The van der Waals surface area contributed by atoms with E-state index in [1.165, 1.54) is 42.4 Å². The van der Waals surface area contributed by atoms with Crippen LogP contribution < -0.4 is 5.73 Å². The van der Waals surface area contributed by atoms with E-state index in [0.717, 1.165) is 17.4 Å². The molecule has 0 heterocycles. The fourth-order valence-electron chi connectivity index (χ4n) is 2.86.